The number of hydrogen-bond acceptors (Lipinski definition) is 4. The quantitative estimate of drug-likeness (QED) is 0.598. The maximum absolute atomic E-state index is 4.84. The maximum atomic E-state index is 4.84. The molecule has 4 aromatic rings. The summed E-state index contributed by atoms with van der Waals surface area (Å²) < 4.78 is 4.84. The second kappa shape index (κ2) is 4.07. The van der Waals surface area contributed by atoms with Crippen molar-refractivity contribution in [3.8, 4) is 22.1 Å². The van der Waals surface area contributed by atoms with Gasteiger partial charge >= 0.3 is 0 Å². The Morgan fingerprint density at radius 3 is 2.89 bits per heavy atom. The third-order valence-electron chi connectivity index (χ3n) is 2.96. The molecule has 1 aromatic carbocycles. The van der Waals surface area contributed by atoms with Crippen molar-refractivity contribution in [2.45, 2.75) is 0 Å². The van der Waals surface area contributed by atoms with Crippen LogP contribution in [0, 0.1) is 0 Å². The molecule has 0 saturated heterocycles. The summed E-state index contributed by atoms with van der Waals surface area (Å²) in [4.78, 5) is 7.96. The number of nitrogens with zero attached hydrogens (tertiary/aromatic N) is 2. The molecule has 92 valence electrons. The van der Waals surface area contributed by atoms with Gasteiger partial charge in [-0.15, -0.1) is 11.3 Å². The summed E-state index contributed by atoms with van der Waals surface area (Å²) in [6.45, 7) is 0. The number of aromatic nitrogens is 3. The Labute approximate surface area is 112 Å². The summed E-state index contributed by atoms with van der Waals surface area (Å²) in [6, 6.07) is 12.1. The van der Waals surface area contributed by atoms with Crippen molar-refractivity contribution in [1.82, 2.24) is 15.1 Å². The number of thiazole rings is 1. The summed E-state index contributed by atoms with van der Waals surface area (Å²) in [7, 11) is 0. The standard InChI is InChI=1S/C14H9N3OS/c1-2-4-10-9(3-1)7-12(15-10)14-16-13(8-19-14)11-5-6-18-17-11/h1-8,15H. The smallest absolute Gasteiger partial charge is 0.140 e. The molecule has 5 heteroatoms. The molecule has 1 N–H and O–H groups in total. The number of benzene rings is 1. The largest absolute Gasteiger partial charge is 0.364 e. The predicted octanol–water partition coefficient (Wildman–Crippen LogP) is 3.95. The van der Waals surface area contributed by atoms with Gasteiger partial charge in [0.2, 0.25) is 0 Å². The number of aromatic amines is 1. The van der Waals surface area contributed by atoms with Crippen molar-refractivity contribution in [3.63, 3.8) is 0 Å². The molecule has 0 unspecified atom stereocenters. The zero-order valence-electron chi connectivity index (χ0n) is 9.83. The van der Waals surface area contributed by atoms with E-state index in [4.69, 9.17) is 4.52 Å². The van der Waals surface area contributed by atoms with Crippen LogP contribution in [0.2, 0.25) is 0 Å². The van der Waals surface area contributed by atoms with Gasteiger partial charge in [-0.2, -0.15) is 0 Å². The first-order chi connectivity index (χ1) is 9.40. The fraction of sp³-hybridized carbons (Fsp3) is 0. The lowest BCUT2D eigenvalue weighted by Crippen LogP contribution is -1.78. The lowest BCUT2D eigenvalue weighted by molar-refractivity contribution is 0.422. The van der Waals surface area contributed by atoms with E-state index in [1.165, 1.54) is 5.39 Å². The van der Waals surface area contributed by atoms with E-state index in [2.05, 4.69) is 33.3 Å². The zero-order valence-corrected chi connectivity index (χ0v) is 10.6. The fourth-order valence-electron chi connectivity index (χ4n) is 2.05. The SMILES string of the molecule is c1ccc2[nH]c(-c3nc(-c4ccon4)cs3)cc2c1. The molecule has 0 aliphatic heterocycles. The van der Waals surface area contributed by atoms with Crippen LogP contribution in [0.25, 0.3) is 33.0 Å². The van der Waals surface area contributed by atoms with E-state index in [1.807, 2.05) is 23.6 Å². The highest BCUT2D eigenvalue weighted by Gasteiger charge is 2.10. The molecule has 0 amide bonds. The third-order valence-corrected chi connectivity index (χ3v) is 3.84. The van der Waals surface area contributed by atoms with Crippen LogP contribution in [0.1, 0.15) is 0 Å². The van der Waals surface area contributed by atoms with E-state index >= 15 is 0 Å². The summed E-state index contributed by atoms with van der Waals surface area (Å²) in [5.41, 5.74) is 3.75. The van der Waals surface area contributed by atoms with Gasteiger partial charge in [-0.05, 0) is 12.1 Å². The van der Waals surface area contributed by atoms with Crippen LogP contribution >= 0.6 is 11.3 Å². The Morgan fingerprint density at radius 1 is 1.11 bits per heavy atom. The molecule has 0 radical (unpaired) electrons. The van der Waals surface area contributed by atoms with Gasteiger partial charge in [0, 0.05) is 22.3 Å². The normalized spacial score (nSPS) is 11.2. The van der Waals surface area contributed by atoms with Gasteiger partial charge in [-0.1, -0.05) is 23.4 Å². The van der Waals surface area contributed by atoms with Crippen LogP contribution in [-0.4, -0.2) is 15.1 Å². The van der Waals surface area contributed by atoms with E-state index in [9.17, 15) is 0 Å². The molecule has 0 bridgehead atoms. The van der Waals surface area contributed by atoms with E-state index in [1.54, 1.807) is 17.6 Å². The second-order valence-corrected chi connectivity index (χ2v) is 5.05. The highest BCUT2D eigenvalue weighted by Crippen LogP contribution is 2.29. The topological polar surface area (TPSA) is 54.7 Å². The Balaban J connectivity index is 1.80. The molecule has 0 atom stereocenters. The minimum Gasteiger partial charge on any atom is -0.364 e. The summed E-state index contributed by atoms with van der Waals surface area (Å²) in [5, 5.41) is 8.02. The second-order valence-electron chi connectivity index (χ2n) is 4.19. The van der Waals surface area contributed by atoms with Gasteiger partial charge in [0.05, 0.1) is 5.69 Å². The number of nitrogens with one attached hydrogen (secondary N) is 1. The van der Waals surface area contributed by atoms with Gasteiger partial charge in [0.25, 0.3) is 0 Å². The van der Waals surface area contributed by atoms with Gasteiger partial charge in [-0.25, -0.2) is 4.98 Å². The van der Waals surface area contributed by atoms with Crippen LogP contribution in [0.3, 0.4) is 0 Å². The van der Waals surface area contributed by atoms with Crippen molar-refractivity contribution in [3.05, 3.63) is 48.0 Å². The van der Waals surface area contributed by atoms with E-state index < -0.39 is 0 Å². The minimum absolute atomic E-state index is 0.763. The van der Waals surface area contributed by atoms with Crippen LogP contribution < -0.4 is 0 Å². The van der Waals surface area contributed by atoms with Crippen molar-refractivity contribution < 1.29 is 4.52 Å². The number of rotatable bonds is 2. The van der Waals surface area contributed by atoms with Crippen LogP contribution in [-0.2, 0) is 0 Å². The van der Waals surface area contributed by atoms with Crippen molar-refractivity contribution in [1.29, 1.82) is 0 Å². The van der Waals surface area contributed by atoms with Crippen molar-refractivity contribution >= 4 is 22.2 Å². The van der Waals surface area contributed by atoms with Crippen molar-refractivity contribution in [2.24, 2.45) is 0 Å². The third kappa shape index (κ3) is 1.75. The fourth-order valence-corrected chi connectivity index (χ4v) is 2.83. The Morgan fingerprint density at radius 2 is 2.05 bits per heavy atom. The first-order valence-electron chi connectivity index (χ1n) is 5.84. The average Bonchev–Trinajstić information content (AvgIpc) is 3.17. The number of hydrogen-bond donors (Lipinski definition) is 1. The van der Waals surface area contributed by atoms with E-state index in [0.717, 1.165) is 27.6 Å². The van der Waals surface area contributed by atoms with Crippen LogP contribution in [0.4, 0.5) is 0 Å². The minimum atomic E-state index is 0.763. The highest BCUT2D eigenvalue weighted by molar-refractivity contribution is 7.13. The Kier molecular flexibility index (Phi) is 2.25. The molecule has 0 saturated carbocycles. The van der Waals surface area contributed by atoms with E-state index in [-0.39, 0.29) is 0 Å². The maximum Gasteiger partial charge on any atom is 0.140 e. The van der Waals surface area contributed by atoms with Gasteiger partial charge in [0.15, 0.2) is 0 Å². The van der Waals surface area contributed by atoms with Crippen LogP contribution in [0.15, 0.2) is 52.6 Å². The molecule has 0 spiro atoms. The zero-order chi connectivity index (χ0) is 12.7. The van der Waals surface area contributed by atoms with Crippen LogP contribution in [0.5, 0.6) is 0 Å². The molecule has 0 fully saturated rings. The van der Waals surface area contributed by atoms with Crippen molar-refractivity contribution in [2.75, 3.05) is 0 Å². The molecule has 3 heterocycles. The Bertz CT molecular complexity index is 796. The predicted molar refractivity (Wildman–Crippen MR) is 74.9 cm³/mol. The lowest BCUT2D eigenvalue weighted by atomic mass is 10.2. The molecule has 0 aliphatic rings. The summed E-state index contributed by atoms with van der Waals surface area (Å²) in [5.74, 6) is 0. The molecule has 3 aromatic heterocycles. The van der Waals surface area contributed by atoms with Gasteiger partial charge < -0.3 is 9.51 Å². The molecule has 4 nitrogen and oxygen atoms in total. The number of para-hydroxylation sites is 1. The Hall–Kier alpha value is -2.40. The first-order valence-corrected chi connectivity index (χ1v) is 6.72. The molecular weight excluding hydrogens is 258 g/mol. The summed E-state index contributed by atoms with van der Waals surface area (Å²) in [6.07, 6.45) is 1.55. The first kappa shape index (κ1) is 10.5. The van der Waals surface area contributed by atoms with Gasteiger partial charge in [-0.3, -0.25) is 0 Å². The van der Waals surface area contributed by atoms with Gasteiger partial charge in [0.1, 0.15) is 22.7 Å². The monoisotopic (exact) mass is 267 g/mol. The molecule has 4 rings (SSSR count). The van der Waals surface area contributed by atoms with E-state index in [0.29, 0.717) is 0 Å². The molecule has 0 aliphatic carbocycles. The lowest BCUT2D eigenvalue weighted by Gasteiger charge is -1.89. The number of H-pyrrole nitrogens is 1. The molecule has 19 heavy (non-hydrogen) atoms. The summed E-state index contributed by atoms with van der Waals surface area (Å²) >= 11 is 1.59. The average molecular weight is 267 g/mol. The molecular formula is C14H9N3OS. The highest BCUT2D eigenvalue weighted by atomic mass is 32.1. The number of fused-ring (bicyclic) bond motifs is 1.